The van der Waals surface area contributed by atoms with E-state index >= 15 is 0 Å². The molecule has 1 fully saturated rings. The van der Waals surface area contributed by atoms with E-state index in [0.717, 1.165) is 25.7 Å². The summed E-state index contributed by atoms with van der Waals surface area (Å²) in [5.74, 6) is 0.440. The molecular weight excluding hydrogens is 192 g/mol. The van der Waals surface area contributed by atoms with E-state index < -0.39 is 0 Å². The van der Waals surface area contributed by atoms with Gasteiger partial charge in [-0.2, -0.15) is 0 Å². The molecule has 1 saturated carbocycles. The second-order valence-electron chi connectivity index (χ2n) is 3.67. The minimum Gasteiger partial charge on any atom is -0.300 e. The van der Waals surface area contributed by atoms with E-state index in [9.17, 15) is 4.79 Å². The zero-order valence-corrected chi connectivity index (χ0v) is 8.93. The smallest absolute Gasteiger partial charge is 0.132 e. The molecule has 2 heteroatoms. The molecule has 0 aliphatic heterocycles. The van der Waals surface area contributed by atoms with Gasteiger partial charge in [0.05, 0.1) is 0 Å². The third kappa shape index (κ3) is 2.61. The Balaban J connectivity index is 1.89. The summed E-state index contributed by atoms with van der Waals surface area (Å²) >= 11 is 1.91. The van der Waals surface area contributed by atoms with Crippen molar-refractivity contribution in [3.05, 3.63) is 30.3 Å². The van der Waals surface area contributed by atoms with Crippen LogP contribution in [0.25, 0.3) is 0 Å². The summed E-state index contributed by atoms with van der Waals surface area (Å²) in [6, 6.07) is 10.4. The van der Waals surface area contributed by atoms with Gasteiger partial charge in [0.1, 0.15) is 5.78 Å². The largest absolute Gasteiger partial charge is 0.300 e. The van der Waals surface area contributed by atoms with Crippen LogP contribution in [0.4, 0.5) is 0 Å². The molecule has 1 aliphatic carbocycles. The first kappa shape index (κ1) is 9.78. The lowest BCUT2D eigenvalue weighted by molar-refractivity contribution is -0.120. The zero-order chi connectivity index (χ0) is 9.80. The first-order chi connectivity index (χ1) is 6.84. The Morgan fingerprint density at radius 2 is 1.71 bits per heavy atom. The van der Waals surface area contributed by atoms with Crippen molar-refractivity contribution in [2.45, 2.75) is 35.8 Å². The average Bonchev–Trinajstić information content (AvgIpc) is 2.23. The van der Waals surface area contributed by atoms with Gasteiger partial charge in [-0.3, -0.25) is 4.79 Å². The van der Waals surface area contributed by atoms with Gasteiger partial charge >= 0.3 is 0 Å². The standard InChI is InChI=1S/C12H14OS/c13-10-6-8-12(9-7-10)14-11-4-2-1-3-5-11/h1-5,12H,6-9H2. The minimum absolute atomic E-state index is 0.440. The highest BCUT2D eigenvalue weighted by atomic mass is 32.2. The third-order valence-electron chi connectivity index (χ3n) is 2.54. The highest BCUT2D eigenvalue weighted by Crippen LogP contribution is 2.32. The molecule has 2 rings (SSSR count). The van der Waals surface area contributed by atoms with Crippen LogP contribution in [-0.4, -0.2) is 11.0 Å². The Bertz CT molecular complexity index is 297. The van der Waals surface area contributed by atoms with Crippen LogP contribution in [0.5, 0.6) is 0 Å². The van der Waals surface area contributed by atoms with Crippen LogP contribution in [-0.2, 0) is 4.79 Å². The van der Waals surface area contributed by atoms with Crippen molar-refractivity contribution in [2.75, 3.05) is 0 Å². The Morgan fingerprint density at radius 1 is 1.07 bits per heavy atom. The summed E-state index contributed by atoms with van der Waals surface area (Å²) in [5.41, 5.74) is 0. The number of hydrogen-bond acceptors (Lipinski definition) is 2. The van der Waals surface area contributed by atoms with Crippen molar-refractivity contribution in [3.63, 3.8) is 0 Å². The average molecular weight is 206 g/mol. The molecule has 0 heterocycles. The van der Waals surface area contributed by atoms with Crippen LogP contribution in [0.3, 0.4) is 0 Å². The van der Waals surface area contributed by atoms with E-state index in [4.69, 9.17) is 0 Å². The molecule has 0 atom stereocenters. The SMILES string of the molecule is O=C1CCC(Sc2ccccc2)CC1. The van der Waals surface area contributed by atoms with Gasteiger partial charge in [-0.15, -0.1) is 11.8 Å². The van der Waals surface area contributed by atoms with Crippen LogP contribution in [0.1, 0.15) is 25.7 Å². The maximum Gasteiger partial charge on any atom is 0.132 e. The number of ketones is 1. The van der Waals surface area contributed by atoms with Crippen LogP contribution < -0.4 is 0 Å². The van der Waals surface area contributed by atoms with Crippen LogP contribution in [0.15, 0.2) is 35.2 Å². The molecule has 0 spiro atoms. The summed E-state index contributed by atoms with van der Waals surface area (Å²) in [7, 11) is 0. The van der Waals surface area contributed by atoms with E-state index in [-0.39, 0.29) is 0 Å². The highest BCUT2D eigenvalue weighted by molar-refractivity contribution is 8.00. The predicted molar refractivity (Wildman–Crippen MR) is 59.6 cm³/mol. The lowest BCUT2D eigenvalue weighted by Gasteiger charge is -2.20. The summed E-state index contributed by atoms with van der Waals surface area (Å²) in [6.45, 7) is 0. The van der Waals surface area contributed by atoms with Crippen LogP contribution in [0, 0.1) is 0 Å². The Kier molecular flexibility index (Phi) is 3.25. The van der Waals surface area contributed by atoms with Crippen molar-refractivity contribution in [1.82, 2.24) is 0 Å². The van der Waals surface area contributed by atoms with E-state index in [1.165, 1.54) is 4.90 Å². The summed E-state index contributed by atoms with van der Waals surface area (Å²) in [5, 5.41) is 0.648. The van der Waals surface area contributed by atoms with Crippen LogP contribution in [0.2, 0.25) is 0 Å². The normalized spacial score (nSPS) is 18.4. The van der Waals surface area contributed by atoms with Gasteiger partial charge < -0.3 is 0 Å². The Hall–Kier alpha value is -0.760. The maximum atomic E-state index is 11.1. The monoisotopic (exact) mass is 206 g/mol. The zero-order valence-electron chi connectivity index (χ0n) is 8.11. The minimum atomic E-state index is 0.440. The first-order valence-electron chi connectivity index (χ1n) is 5.08. The van der Waals surface area contributed by atoms with E-state index in [1.54, 1.807) is 0 Å². The number of benzene rings is 1. The van der Waals surface area contributed by atoms with E-state index in [2.05, 4.69) is 24.3 Å². The van der Waals surface area contributed by atoms with Gasteiger partial charge in [0.15, 0.2) is 0 Å². The second-order valence-corrected chi connectivity index (χ2v) is 5.04. The predicted octanol–water partition coefficient (Wildman–Crippen LogP) is 3.29. The molecule has 0 unspecified atom stereocenters. The van der Waals surface area contributed by atoms with Gasteiger partial charge in [-0.25, -0.2) is 0 Å². The molecule has 14 heavy (non-hydrogen) atoms. The molecular formula is C12H14OS. The summed E-state index contributed by atoms with van der Waals surface area (Å²) in [6.07, 6.45) is 3.67. The molecule has 74 valence electrons. The number of carbonyl (C=O) groups is 1. The van der Waals surface area contributed by atoms with Crippen molar-refractivity contribution < 1.29 is 4.79 Å². The molecule has 0 amide bonds. The fourth-order valence-electron chi connectivity index (χ4n) is 1.72. The molecule has 1 aromatic carbocycles. The van der Waals surface area contributed by atoms with Gasteiger partial charge in [0.25, 0.3) is 0 Å². The molecule has 0 saturated heterocycles. The second kappa shape index (κ2) is 4.65. The highest BCUT2D eigenvalue weighted by Gasteiger charge is 2.19. The van der Waals surface area contributed by atoms with Crippen molar-refractivity contribution >= 4 is 17.5 Å². The maximum absolute atomic E-state index is 11.1. The Morgan fingerprint density at radius 3 is 2.36 bits per heavy atom. The number of thioether (sulfide) groups is 1. The van der Waals surface area contributed by atoms with Crippen LogP contribution >= 0.6 is 11.8 Å². The van der Waals surface area contributed by atoms with Crippen molar-refractivity contribution in [3.8, 4) is 0 Å². The van der Waals surface area contributed by atoms with Crippen molar-refractivity contribution in [2.24, 2.45) is 0 Å². The number of carbonyl (C=O) groups excluding carboxylic acids is 1. The third-order valence-corrected chi connectivity index (χ3v) is 3.89. The molecule has 0 bridgehead atoms. The molecule has 0 aromatic heterocycles. The van der Waals surface area contributed by atoms with Gasteiger partial charge in [0.2, 0.25) is 0 Å². The lowest BCUT2D eigenvalue weighted by atomic mass is 9.99. The molecule has 1 nitrogen and oxygen atoms in total. The Labute approximate surface area is 88.9 Å². The van der Waals surface area contributed by atoms with Gasteiger partial charge in [-0.05, 0) is 25.0 Å². The fourth-order valence-corrected chi connectivity index (χ4v) is 2.89. The first-order valence-corrected chi connectivity index (χ1v) is 5.96. The molecule has 0 radical (unpaired) electrons. The molecule has 1 aromatic rings. The topological polar surface area (TPSA) is 17.1 Å². The number of hydrogen-bond donors (Lipinski definition) is 0. The van der Waals surface area contributed by atoms with Gasteiger partial charge in [0, 0.05) is 23.0 Å². The number of Topliss-reactive ketones (excluding diaryl/α,β-unsaturated/α-hetero) is 1. The van der Waals surface area contributed by atoms with E-state index in [1.807, 2.05) is 17.8 Å². The van der Waals surface area contributed by atoms with Gasteiger partial charge in [-0.1, -0.05) is 18.2 Å². The summed E-state index contributed by atoms with van der Waals surface area (Å²) < 4.78 is 0. The fraction of sp³-hybridized carbons (Fsp3) is 0.417. The molecule has 1 aliphatic rings. The number of rotatable bonds is 2. The quantitative estimate of drug-likeness (QED) is 0.738. The van der Waals surface area contributed by atoms with E-state index in [0.29, 0.717) is 11.0 Å². The summed E-state index contributed by atoms with van der Waals surface area (Å²) in [4.78, 5) is 12.4. The molecule has 0 N–H and O–H groups in total. The lowest BCUT2D eigenvalue weighted by Crippen LogP contribution is -2.15. The van der Waals surface area contributed by atoms with Crippen molar-refractivity contribution in [1.29, 1.82) is 0 Å².